The van der Waals surface area contributed by atoms with Crippen LogP contribution in [0.25, 0.3) is 0 Å². The number of ether oxygens (including phenoxy) is 2. The number of nitrogens with zero attached hydrogens (tertiary/aromatic N) is 2. The third-order valence-electron chi connectivity index (χ3n) is 5.45. The fourth-order valence-electron chi connectivity index (χ4n) is 3.87. The van der Waals surface area contributed by atoms with E-state index in [0.717, 1.165) is 12.0 Å². The van der Waals surface area contributed by atoms with Crippen molar-refractivity contribution < 1.29 is 22.7 Å². The van der Waals surface area contributed by atoms with Crippen LogP contribution in [0, 0.1) is 0 Å². The molecule has 0 N–H and O–H groups in total. The average Bonchev–Trinajstić information content (AvgIpc) is 3.23. The van der Waals surface area contributed by atoms with Crippen LogP contribution in [-0.2, 0) is 16.3 Å². The molecule has 2 fully saturated rings. The Labute approximate surface area is 186 Å². The summed E-state index contributed by atoms with van der Waals surface area (Å²) in [6, 6.07) is 14.8. The van der Waals surface area contributed by atoms with E-state index in [-0.39, 0.29) is 22.8 Å². The Morgan fingerprint density at radius 3 is 2.42 bits per heavy atom. The first-order valence-electron chi connectivity index (χ1n) is 9.92. The number of fused-ring (bicyclic) bond motifs is 1. The van der Waals surface area contributed by atoms with Crippen molar-refractivity contribution in [3.63, 3.8) is 0 Å². The second-order valence-electron chi connectivity index (χ2n) is 7.53. The summed E-state index contributed by atoms with van der Waals surface area (Å²) < 4.78 is 34.9. The van der Waals surface area contributed by atoms with E-state index in [0.29, 0.717) is 28.8 Å². The van der Waals surface area contributed by atoms with Crippen LogP contribution in [0.1, 0.15) is 15.9 Å². The quantitative estimate of drug-likeness (QED) is 0.655. The number of thioether (sulfide) groups is 1. The van der Waals surface area contributed by atoms with Crippen LogP contribution in [-0.4, -0.2) is 68.0 Å². The van der Waals surface area contributed by atoms with Crippen molar-refractivity contribution in [3.8, 4) is 11.5 Å². The van der Waals surface area contributed by atoms with Gasteiger partial charge in [-0.25, -0.2) is 8.42 Å². The van der Waals surface area contributed by atoms with Gasteiger partial charge in [-0.2, -0.15) is 4.99 Å². The van der Waals surface area contributed by atoms with Gasteiger partial charge in [0.2, 0.25) is 0 Å². The van der Waals surface area contributed by atoms with Crippen LogP contribution in [0.3, 0.4) is 0 Å². The number of benzene rings is 2. The maximum Gasteiger partial charge on any atom is 0.279 e. The predicted molar refractivity (Wildman–Crippen MR) is 122 cm³/mol. The molecule has 2 atom stereocenters. The fourth-order valence-corrected chi connectivity index (χ4v) is 7.85. The van der Waals surface area contributed by atoms with Crippen molar-refractivity contribution in [2.24, 2.45) is 4.99 Å². The van der Waals surface area contributed by atoms with Crippen LogP contribution >= 0.6 is 11.8 Å². The zero-order valence-corrected chi connectivity index (χ0v) is 19.0. The van der Waals surface area contributed by atoms with Gasteiger partial charge >= 0.3 is 0 Å². The van der Waals surface area contributed by atoms with Gasteiger partial charge in [-0.3, -0.25) is 4.79 Å². The fraction of sp³-hybridized carbons (Fsp3) is 0.364. The Kier molecular flexibility index (Phi) is 6.24. The van der Waals surface area contributed by atoms with Crippen LogP contribution in [0.4, 0.5) is 0 Å². The molecule has 2 aliphatic rings. The summed E-state index contributed by atoms with van der Waals surface area (Å²) in [5, 5.41) is 0.472. The Morgan fingerprint density at radius 1 is 1.10 bits per heavy atom. The minimum atomic E-state index is -3.08. The molecule has 2 aromatic rings. The number of carbonyl (C=O) groups is 1. The van der Waals surface area contributed by atoms with Crippen LogP contribution in [0.15, 0.2) is 53.5 Å². The van der Waals surface area contributed by atoms with Gasteiger partial charge in [0.1, 0.15) is 11.5 Å². The summed E-state index contributed by atoms with van der Waals surface area (Å²) in [5.74, 6) is 0.813. The van der Waals surface area contributed by atoms with Crippen LogP contribution in [0.2, 0.25) is 0 Å². The Balaban J connectivity index is 1.60. The van der Waals surface area contributed by atoms with E-state index >= 15 is 0 Å². The summed E-state index contributed by atoms with van der Waals surface area (Å²) in [7, 11) is -0.0339. The highest BCUT2D eigenvalue weighted by Crippen LogP contribution is 2.38. The largest absolute Gasteiger partial charge is 0.497 e. The maximum absolute atomic E-state index is 12.9. The first kappa shape index (κ1) is 21.7. The summed E-state index contributed by atoms with van der Waals surface area (Å²) in [6.45, 7) is 0.598. The smallest absolute Gasteiger partial charge is 0.279 e. The van der Waals surface area contributed by atoms with Crippen molar-refractivity contribution in [2.45, 2.75) is 17.7 Å². The number of amides is 1. The second-order valence-corrected chi connectivity index (χ2v) is 10.9. The molecule has 9 heteroatoms. The maximum atomic E-state index is 12.9. The normalized spacial score (nSPS) is 23.0. The Bertz CT molecular complexity index is 1080. The lowest BCUT2D eigenvalue weighted by atomic mass is 10.1. The lowest BCUT2D eigenvalue weighted by Gasteiger charge is -2.24. The third kappa shape index (κ3) is 4.88. The molecule has 0 aromatic heterocycles. The number of amidine groups is 1. The molecule has 2 unspecified atom stereocenters. The summed E-state index contributed by atoms with van der Waals surface area (Å²) >= 11 is 1.38. The molecular formula is C22H24N2O5S2. The lowest BCUT2D eigenvalue weighted by molar-refractivity contribution is 0.100. The molecule has 0 radical (unpaired) electrons. The molecule has 0 spiro atoms. The SMILES string of the molecule is COc1cc(OC)cc(C(=O)N=C2SC3CS(=O)(=O)CC3N2CCc2ccccc2)c1. The van der Waals surface area contributed by atoms with Crippen molar-refractivity contribution in [1.29, 1.82) is 0 Å². The van der Waals surface area contributed by atoms with Crippen molar-refractivity contribution in [3.05, 3.63) is 59.7 Å². The van der Waals surface area contributed by atoms with Gasteiger partial charge < -0.3 is 14.4 Å². The molecule has 0 aliphatic carbocycles. The van der Waals surface area contributed by atoms with Gasteiger partial charge in [0.25, 0.3) is 5.91 Å². The van der Waals surface area contributed by atoms with Crippen molar-refractivity contribution in [2.75, 3.05) is 32.3 Å². The van der Waals surface area contributed by atoms with Crippen molar-refractivity contribution in [1.82, 2.24) is 4.90 Å². The van der Waals surface area contributed by atoms with E-state index in [2.05, 4.69) is 4.99 Å². The van der Waals surface area contributed by atoms with Gasteiger partial charge in [-0.05, 0) is 24.1 Å². The summed E-state index contributed by atoms with van der Waals surface area (Å²) in [6.07, 6.45) is 0.741. The molecule has 164 valence electrons. The van der Waals surface area contributed by atoms with E-state index in [1.165, 1.54) is 26.0 Å². The molecule has 7 nitrogen and oxygen atoms in total. The molecule has 2 aromatic carbocycles. The lowest BCUT2D eigenvalue weighted by Crippen LogP contribution is -2.39. The zero-order chi connectivity index (χ0) is 22.0. The van der Waals surface area contributed by atoms with Crippen molar-refractivity contribution >= 4 is 32.7 Å². The summed E-state index contributed by atoms with van der Waals surface area (Å²) in [5.41, 5.74) is 1.51. The minimum Gasteiger partial charge on any atom is -0.497 e. The van der Waals surface area contributed by atoms with E-state index in [1.54, 1.807) is 18.2 Å². The van der Waals surface area contributed by atoms with E-state index in [4.69, 9.17) is 9.47 Å². The standard InChI is InChI=1S/C22H24N2O5S2/c1-28-17-10-16(11-18(12-17)29-2)21(25)23-22-24(9-8-15-6-4-3-5-7-15)19-13-31(26,27)14-20(19)30-22/h3-7,10-12,19-20H,8-9,13-14H2,1-2H3. The number of carbonyl (C=O) groups excluding carboxylic acids is 1. The molecule has 2 saturated heterocycles. The molecule has 2 heterocycles. The van der Waals surface area contributed by atoms with Crippen LogP contribution in [0.5, 0.6) is 11.5 Å². The molecular weight excluding hydrogens is 436 g/mol. The number of methoxy groups -OCH3 is 2. The van der Waals surface area contributed by atoms with Crippen LogP contribution < -0.4 is 9.47 Å². The topological polar surface area (TPSA) is 85.3 Å². The van der Waals surface area contributed by atoms with Gasteiger partial charge in [0.15, 0.2) is 15.0 Å². The Hall–Kier alpha value is -2.52. The number of rotatable bonds is 6. The monoisotopic (exact) mass is 460 g/mol. The number of aliphatic imine (C=N–C) groups is 1. The van der Waals surface area contributed by atoms with Gasteiger partial charge in [-0.1, -0.05) is 42.1 Å². The Morgan fingerprint density at radius 2 is 1.77 bits per heavy atom. The molecule has 1 amide bonds. The summed E-state index contributed by atoms with van der Waals surface area (Å²) in [4.78, 5) is 19.3. The third-order valence-corrected chi connectivity index (χ3v) is 8.70. The molecule has 31 heavy (non-hydrogen) atoms. The molecule has 2 aliphatic heterocycles. The van der Waals surface area contributed by atoms with Gasteiger partial charge in [0.05, 0.1) is 31.8 Å². The highest BCUT2D eigenvalue weighted by atomic mass is 32.2. The first-order chi connectivity index (χ1) is 14.9. The predicted octanol–water partition coefficient (Wildman–Crippen LogP) is 2.66. The van der Waals surface area contributed by atoms with Gasteiger partial charge in [0, 0.05) is 23.4 Å². The second kappa shape index (κ2) is 8.92. The van der Waals surface area contributed by atoms with Gasteiger partial charge in [-0.15, -0.1) is 0 Å². The average molecular weight is 461 g/mol. The van der Waals surface area contributed by atoms with E-state index in [1.807, 2.05) is 35.2 Å². The molecule has 0 bridgehead atoms. The molecule has 0 saturated carbocycles. The number of hydrogen-bond donors (Lipinski definition) is 0. The highest BCUT2D eigenvalue weighted by molar-refractivity contribution is 8.15. The number of hydrogen-bond acceptors (Lipinski definition) is 6. The number of sulfone groups is 1. The zero-order valence-electron chi connectivity index (χ0n) is 17.4. The van der Waals surface area contributed by atoms with E-state index < -0.39 is 15.7 Å². The minimum absolute atomic E-state index is 0.0969. The highest BCUT2D eigenvalue weighted by Gasteiger charge is 2.48. The molecule has 4 rings (SSSR count). The first-order valence-corrected chi connectivity index (χ1v) is 12.6. The van der Waals surface area contributed by atoms with E-state index in [9.17, 15) is 13.2 Å².